The lowest BCUT2D eigenvalue weighted by Gasteiger charge is -2.12. The normalized spacial score (nSPS) is 14.3. The number of rotatable bonds is 4. The minimum atomic E-state index is -4.33. The topological polar surface area (TPSA) is 53.1 Å². The van der Waals surface area contributed by atoms with E-state index in [1.54, 1.807) is 12.3 Å². The number of anilines is 1. The van der Waals surface area contributed by atoms with Gasteiger partial charge in [-0.25, -0.2) is 4.98 Å². The molecule has 1 aliphatic rings. The van der Waals surface area contributed by atoms with Crippen LogP contribution in [0.25, 0.3) is 16.8 Å². The van der Waals surface area contributed by atoms with E-state index in [2.05, 4.69) is 39.0 Å². The second-order valence-corrected chi connectivity index (χ2v) is 7.73. The van der Waals surface area contributed by atoms with Crippen LogP contribution >= 0.6 is 22.6 Å². The number of nitrogens with one attached hydrogen (secondary N) is 1. The fourth-order valence-electron chi connectivity index (χ4n) is 3.03. The molecule has 1 fully saturated rings. The van der Waals surface area contributed by atoms with E-state index < -0.39 is 12.6 Å². The van der Waals surface area contributed by atoms with Gasteiger partial charge in [0.05, 0.1) is 12.1 Å². The molecule has 0 saturated heterocycles. The molecule has 0 unspecified atom stereocenters. The number of hydrogen-bond donors (Lipinski definition) is 1. The van der Waals surface area contributed by atoms with Gasteiger partial charge in [-0.05, 0) is 59.2 Å². The highest BCUT2D eigenvalue weighted by Crippen LogP contribution is 2.33. The molecular formula is C19H14F3IN4. The largest absolute Gasteiger partial charge is 0.394 e. The zero-order chi connectivity index (χ0) is 19.2. The lowest BCUT2D eigenvalue weighted by molar-refractivity contribution is -0.127. The van der Waals surface area contributed by atoms with Crippen LogP contribution in [-0.2, 0) is 6.42 Å². The van der Waals surface area contributed by atoms with E-state index in [1.807, 2.05) is 18.2 Å². The molecule has 4 rings (SSSR count). The van der Waals surface area contributed by atoms with Gasteiger partial charge in [0.1, 0.15) is 11.6 Å². The molecule has 0 atom stereocenters. The molecule has 0 spiro atoms. The number of aromatic nitrogens is 2. The highest BCUT2D eigenvalue weighted by atomic mass is 127. The highest BCUT2D eigenvalue weighted by molar-refractivity contribution is 14.1. The van der Waals surface area contributed by atoms with E-state index in [-0.39, 0.29) is 16.9 Å². The van der Waals surface area contributed by atoms with Gasteiger partial charge in [-0.1, -0.05) is 6.07 Å². The van der Waals surface area contributed by atoms with Crippen molar-refractivity contribution >= 4 is 33.9 Å². The van der Waals surface area contributed by atoms with Crippen LogP contribution in [0, 0.1) is 14.9 Å². The van der Waals surface area contributed by atoms with Gasteiger partial charge in [0.15, 0.2) is 5.65 Å². The van der Waals surface area contributed by atoms with Crippen LogP contribution in [0.15, 0.2) is 36.7 Å². The number of pyridine rings is 1. The molecule has 3 aromatic rings. The van der Waals surface area contributed by atoms with E-state index >= 15 is 0 Å². The summed E-state index contributed by atoms with van der Waals surface area (Å²) >= 11 is 2.24. The molecule has 0 aliphatic heterocycles. The summed E-state index contributed by atoms with van der Waals surface area (Å²) in [6, 6.07) is 10.2. The van der Waals surface area contributed by atoms with Gasteiger partial charge in [0.25, 0.3) is 0 Å². The Hall–Kier alpha value is -2.28. The standard InChI is InChI=1S/C19H14F3IN4/c20-19(21,22)8-13-10-25-18-15(9-24)14(5-6-27(13)18)11-1-4-17(16(23)7-11)26-12-2-3-12/h1,4-7,10,12,26H,2-3,8H2. The van der Waals surface area contributed by atoms with Crippen molar-refractivity contribution in [2.75, 3.05) is 5.32 Å². The SMILES string of the molecule is N#Cc1c(-c2ccc(NC3CC3)c(I)c2)ccn2c(CC(F)(F)F)cnc12. The summed E-state index contributed by atoms with van der Waals surface area (Å²) in [5, 5.41) is 13.1. The van der Waals surface area contributed by atoms with Crippen LogP contribution in [-0.4, -0.2) is 21.6 Å². The zero-order valence-corrected chi connectivity index (χ0v) is 16.2. The van der Waals surface area contributed by atoms with Crippen molar-refractivity contribution in [2.45, 2.75) is 31.5 Å². The van der Waals surface area contributed by atoms with E-state index in [4.69, 9.17) is 0 Å². The molecule has 1 N–H and O–H groups in total. The maximum absolute atomic E-state index is 12.7. The minimum absolute atomic E-state index is 0.0131. The first kappa shape index (κ1) is 18.1. The Morgan fingerprint density at radius 3 is 2.70 bits per heavy atom. The number of benzene rings is 1. The van der Waals surface area contributed by atoms with Crippen LogP contribution in [0.5, 0.6) is 0 Å². The van der Waals surface area contributed by atoms with Crippen molar-refractivity contribution in [3.63, 3.8) is 0 Å². The van der Waals surface area contributed by atoms with Gasteiger partial charge in [0.2, 0.25) is 0 Å². The fraction of sp³-hybridized carbons (Fsp3) is 0.263. The Balaban J connectivity index is 1.76. The van der Waals surface area contributed by atoms with Crippen LogP contribution in [0.3, 0.4) is 0 Å². The molecular weight excluding hydrogens is 468 g/mol. The maximum atomic E-state index is 12.7. The predicted molar refractivity (Wildman–Crippen MR) is 104 cm³/mol. The van der Waals surface area contributed by atoms with Crippen LogP contribution in [0.1, 0.15) is 24.1 Å². The Kier molecular flexibility index (Phi) is 4.50. The summed E-state index contributed by atoms with van der Waals surface area (Å²) < 4.78 is 40.6. The number of nitriles is 1. The third-order valence-electron chi connectivity index (χ3n) is 4.47. The van der Waals surface area contributed by atoms with Gasteiger partial charge in [-0.15, -0.1) is 0 Å². The molecule has 0 radical (unpaired) electrons. The first-order chi connectivity index (χ1) is 12.9. The zero-order valence-electron chi connectivity index (χ0n) is 14.0. The number of alkyl halides is 3. The second-order valence-electron chi connectivity index (χ2n) is 6.56. The predicted octanol–water partition coefficient (Wildman–Crippen LogP) is 5.16. The summed E-state index contributed by atoms with van der Waals surface area (Å²) in [5.74, 6) is 0. The number of imidazole rings is 1. The molecule has 1 aliphatic carbocycles. The molecule has 1 aromatic carbocycles. The summed E-state index contributed by atoms with van der Waals surface area (Å²) in [6.07, 6.45) is -0.344. The van der Waals surface area contributed by atoms with Crippen molar-refractivity contribution < 1.29 is 13.2 Å². The molecule has 2 heterocycles. The summed E-state index contributed by atoms with van der Waals surface area (Å²) in [7, 11) is 0. The molecule has 1 saturated carbocycles. The Labute approximate surface area is 167 Å². The van der Waals surface area contributed by atoms with Crippen molar-refractivity contribution in [1.82, 2.24) is 9.38 Å². The van der Waals surface area contributed by atoms with E-state index in [0.717, 1.165) is 14.8 Å². The van der Waals surface area contributed by atoms with Crippen LogP contribution in [0.2, 0.25) is 0 Å². The van der Waals surface area contributed by atoms with Crippen LogP contribution < -0.4 is 5.32 Å². The van der Waals surface area contributed by atoms with Gasteiger partial charge in [-0.2, -0.15) is 18.4 Å². The highest BCUT2D eigenvalue weighted by Gasteiger charge is 2.30. The maximum Gasteiger partial charge on any atom is 0.394 e. The molecule has 27 heavy (non-hydrogen) atoms. The van der Waals surface area contributed by atoms with Crippen molar-refractivity contribution in [3.8, 4) is 17.2 Å². The quantitative estimate of drug-likeness (QED) is 0.523. The smallest absolute Gasteiger partial charge is 0.381 e. The Bertz CT molecular complexity index is 1060. The average molecular weight is 482 g/mol. The molecule has 2 aromatic heterocycles. The van der Waals surface area contributed by atoms with Crippen molar-refractivity contribution in [3.05, 3.63) is 51.5 Å². The summed E-state index contributed by atoms with van der Waals surface area (Å²) in [5.41, 5.74) is 3.06. The number of hydrogen-bond acceptors (Lipinski definition) is 3. The third-order valence-corrected chi connectivity index (χ3v) is 5.36. The molecule has 4 nitrogen and oxygen atoms in total. The van der Waals surface area contributed by atoms with Crippen molar-refractivity contribution in [2.24, 2.45) is 0 Å². The lowest BCUT2D eigenvalue weighted by Crippen LogP contribution is -2.13. The van der Waals surface area contributed by atoms with E-state index in [1.165, 1.54) is 23.4 Å². The molecule has 0 amide bonds. The second kappa shape index (κ2) is 6.71. The van der Waals surface area contributed by atoms with Gasteiger partial charge >= 0.3 is 6.18 Å². The average Bonchev–Trinajstić information content (AvgIpc) is 3.34. The summed E-state index contributed by atoms with van der Waals surface area (Å²) in [6.45, 7) is 0. The van der Waals surface area contributed by atoms with E-state index in [0.29, 0.717) is 11.6 Å². The Morgan fingerprint density at radius 2 is 2.07 bits per heavy atom. The number of nitrogens with zero attached hydrogens (tertiary/aromatic N) is 3. The first-order valence-corrected chi connectivity index (χ1v) is 9.46. The fourth-order valence-corrected chi connectivity index (χ4v) is 3.71. The van der Waals surface area contributed by atoms with E-state index in [9.17, 15) is 18.4 Å². The lowest BCUT2D eigenvalue weighted by atomic mass is 10.0. The third kappa shape index (κ3) is 3.74. The van der Waals surface area contributed by atoms with Gasteiger partial charge in [0, 0.05) is 33.3 Å². The minimum Gasteiger partial charge on any atom is -0.381 e. The summed E-state index contributed by atoms with van der Waals surface area (Å²) in [4.78, 5) is 4.07. The van der Waals surface area contributed by atoms with Gasteiger partial charge < -0.3 is 9.72 Å². The number of halogens is 4. The first-order valence-electron chi connectivity index (χ1n) is 8.38. The van der Waals surface area contributed by atoms with Crippen LogP contribution in [0.4, 0.5) is 18.9 Å². The monoisotopic (exact) mass is 482 g/mol. The molecule has 8 heteroatoms. The van der Waals surface area contributed by atoms with Gasteiger partial charge in [-0.3, -0.25) is 0 Å². The number of fused-ring (bicyclic) bond motifs is 1. The molecule has 138 valence electrons. The molecule has 0 bridgehead atoms. The van der Waals surface area contributed by atoms with Crippen molar-refractivity contribution in [1.29, 1.82) is 5.26 Å². The Morgan fingerprint density at radius 1 is 1.30 bits per heavy atom.